The van der Waals surface area contributed by atoms with Gasteiger partial charge in [-0.3, -0.25) is 9.59 Å². The fraction of sp³-hybridized carbons (Fsp3) is 0.222. The monoisotopic (exact) mass is 358 g/mol. The zero-order chi connectivity index (χ0) is 18.0. The number of nitrogens with zero attached hydrogens (tertiary/aromatic N) is 1. The maximum Gasteiger partial charge on any atom is 0.244 e. The number of nitrogens with one attached hydrogen (secondary N) is 1. The van der Waals surface area contributed by atoms with Gasteiger partial charge in [-0.2, -0.15) is 4.31 Å². The molecule has 0 aromatic heterocycles. The van der Waals surface area contributed by atoms with Crippen molar-refractivity contribution in [1.82, 2.24) is 9.62 Å². The predicted molar refractivity (Wildman–Crippen MR) is 92.5 cm³/mol. The second-order valence-electron chi connectivity index (χ2n) is 5.80. The molecular formula is C18H18N2O4S. The summed E-state index contributed by atoms with van der Waals surface area (Å²) in [5.41, 5.74) is 1.05. The highest BCUT2D eigenvalue weighted by atomic mass is 32.2. The minimum absolute atomic E-state index is 0.0631. The molecule has 1 saturated heterocycles. The molecule has 7 heteroatoms. The molecule has 0 spiro atoms. The van der Waals surface area contributed by atoms with Crippen molar-refractivity contribution < 1.29 is 18.0 Å². The molecule has 1 N–H and O–H groups in total. The predicted octanol–water partition coefficient (Wildman–Crippen LogP) is 1.75. The number of benzene rings is 2. The Morgan fingerprint density at radius 3 is 2.32 bits per heavy atom. The number of hydrogen-bond donors (Lipinski definition) is 1. The van der Waals surface area contributed by atoms with E-state index in [2.05, 4.69) is 5.32 Å². The van der Waals surface area contributed by atoms with Gasteiger partial charge in [0.2, 0.25) is 15.9 Å². The lowest BCUT2D eigenvalue weighted by atomic mass is 10.1. The number of carbonyl (C=O) groups excluding carboxylic acids is 2. The molecule has 0 saturated carbocycles. The van der Waals surface area contributed by atoms with Crippen molar-refractivity contribution in [2.45, 2.75) is 17.9 Å². The van der Waals surface area contributed by atoms with Gasteiger partial charge < -0.3 is 5.32 Å². The van der Waals surface area contributed by atoms with Crippen molar-refractivity contribution in [1.29, 1.82) is 0 Å². The van der Waals surface area contributed by atoms with Gasteiger partial charge in [0, 0.05) is 18.7 Å². The van der Waals surface area contributed by atoms with E-state index in [-0.39, 0.29) is 29.7 Å². The SMILES string of the molecule is CC(=O)c1ccc(S(=O)(=O)N2CCNC(=O)[C@@H]2c2ccccc2)cc1. The van der Waals surface area contributed by atoms with Gasteiger partial charge in [-0.25, -0.2) is 8.42 Å². The number of piperazine rings is 1. The molecule has 0 bridgehead atoms. The third kappa shape index (κ3) is 3.33. The second-order valence-corrected chi connectivity index (χ2v) is 7.69. The summed E-state index contributed by atoms with van der Waals surface area (Å²) < 4.78 is 27.3. The Morgan fingerprint density at radius 2 is 1.72 bits per heavy atom. The lowest BCUT2D eigenvalue weighted by Gasteiger charge is -2.34. The van der Waals surface area contributed by atoms with E-state index in [9.17, 15) is 18.0 Å². The molecule has 1 fully saturated rings. The summed E-state index contributed by atoms with van der Waals surface area (Å²) in [6.45, 7) is 1.86. The zero-order valence-electron chi connectivity index (χ0n) is 13.7. The van der Waals surface area contributed by atoms with Crippen LogP contribution < -0.4 is 5.32 Å². The number of ketones is 1. The highest BCUT2D eigenvalue weighted by Crippen LogP contribution is 2.29. The Labute approximate surface area is 146 Å². The summed E-state index contributed by atoms with van der Waals surface area (Å²) in [7, 11) is -3.87. The van der Waals surface area contributed by atoms with Gasteiger partial charge in [-0.05, 0) is 24.6 Å². The Bertz CT molecular complexity index is 892. The van der Waals surface area contributed by atoms with Crippen LogP contribution in [0, 0.1) is 0 Å². The van der Waals surface area contributed by atoms with Gasteiger partial charge in [0.25, 0.3) is 0 Å². The molecule has 1 aliphatic heterocycles. The van der Waals surface area contributed by atoms with Crippen molar-refractivity contribution in [3.63, 3.8) is 0 Å². The summed E-state index contributed by atoms with van der Waals surface area (Å²) in [6.07, 6.45) is 0. The standard InChI is InChI=1S/C18H18N2O4S/c1-13(21)14-7-9-16(10-8-14)25(23,24)20-12-11-19-18(22)17(20)15-5-3-2-4-6-15/h2-10,17H,11-12H2,1H3,(H,19,22)/t17-/m0/s1. The smallest absolute Gasteiger partial charge is 0.244 e. The molecule has 0 aliphatic carbocycles. The van der Waals surface area contributed by atoms with Crippen LogP contribution in [0.25, 0.3) is 0 Å². The minimum Gasteiger partial charge on any atom is -0.353 e. The van der Waals surface area contributed by atoms with Crippen LogP contribution in [0.2, 0.25) is 0 Å². The van der Waals surface area contributed by atoms with Crippen molar-refractivity contribution in [3.8, 4) is 0 Å². The second kappa shape index (κ2) is 6.78. The average Bonchev–Trinajstić information content (AvgIpc) is 2.62. The number of amides is 1. The fourth-order valence-corrected chi connectivity index (χ4v) is 4.43. The normalized spacial score (nSPS) is 18.6. The maximum atomic E-state index is 13.1. The first-order valence-electron chi connectivity index (χ1n) is 7.87. The largest absolute Gasteiger partial charge is 0.353 e. The van der Waals surface area contributed by atoms with E-state index in [0.29, 0.717) is 11.1 Å². The van der Waals surface area contributed by atoms with Gasteiger partial charge in [-0.1, -0.05) is 42.5 Å². The Kier molecular flexibility index (Phi) is 4.69. The Hall–Kier alpha value is -2.51. The van der Waals surface area contributed by atoms with E-state index in [4.69, 9.17) is 0 Å². The quantitative estimate of drug-likeness (QED) is 0.844. The van der Waals surface area contributed by atoms with Crippen LogP contribution in [0.3, 0.4) is 0 Å². The van der Waals surface area contributed by atoms with E-state index < -0.39 is 16.1 Å². The van der Waals surface area contributed by atoms with Gasteiger partial charge in [0.1, 0.15) is 6.04 Å². The molecule has 0 unspecified atom stereocenters. The van der Waals surface area contributed by atoms with Gasteiger partial charge >= 0.3 is 0 Å². The molecular weight excluding hydrogens is 340 g/mol. The minimum atomic E-state index is -3.87. The lowest BCUT2D eigenvalue weighted by molar-refractivity contribution is -0.126. The molecule has 130 valence electrons. The van der Waals surface area contributed by atoms with Gasteiger partial charge in [0.05, 0.1) is 4.90 Å². The molecule has 1 aliphatic rings. The Balaban J connectivity index is 2.01. The third-order valence-corrected chi connectivity index (χ3v) is 6.03. The number of hydrogen-bond acceptors (Lipinski definition) is 4. The van der Waals surface area contributed by atoms with Crippen molar-refractivity contribution >= 4 is 21.7 Å². The van der Waals surface area contributed by atoms with Crippen molar-refractivity contribution in [3.05, 3.63) is 65.7 Å². The van der Waals surface area contributed by atoms with Crippen LogP contribution in [-0.2, 0) is 14.8 Å². The summed E-state index contributed by atoms with van der Waals surface area (Å²) in [5.74, 6) is -0.482. The average molecular weight is 358 g/mol. The number of Topliss-reactive ketones (excluding diaryl/α,β-unsaturated/α-hetero) is 1. The topological polar surface area (TPSA) is 83.6 Å². The summed E-state index contributed by atoms with van der Waals surface area (Å²) in [4.78, 5) is 23.8. The molecule has 1 heterocycles. The molecule has 1 amide bonds. The van der Waals surface area contributed by atoms with Crippen molar-refractivity contribution in [2.24, 2.45) is 0 Å². The Morgan fingerprint density at radius 1 is 1.08 bits per heavy atom. The van der Waals surface area contributed by atoms with Crippen LogP contribution in [0.4, 0.5) is 0 Å². The molecule has 6 nitrogen and oxygen atoms in total. The third-order valence-electron chi connectivity index (χ3n) is 4.15. The summed E-state index contributed by atoms with van der Waals surface area (Å²) in [5, 5.41) is 2.72. The van der Waals surface area contributed by atoms with E-state index >= 15 is 0 Å². The number of sulfonamides is 1. The molecule has 25 heavy (non-hydrogen) atoms. The summed E-state index contributed by atoms with van der Waals surface area (Å²) >= 11 is 0. The van der Waals surface area contributed by atoms with E-state index in [1.54, 1.807) is 24.3 Å². The lowest BCUT2D eigenvalue weighted by Crippen LogP contribution is -2.52. The maximum absolute atomic E-state index is 13.1. The van der Waals surface area contributed by atoms with E-state index in [0.717, 1.165) is 0 Å². The van der Waals surface area contributed by atoms with Crippen LogP contribution in [0.1, 0.15) is 28.9 Å². The zero-order valence-corrected chi connectivity index (χ0v) is 14.5. The van der Waals surface area contributed by atoms with Crippen molar-refractivity contribution in [2.75, 3.05) is 13.1 Å². The highest BCUT2D eigenvalue weighted by molar-refractivity contribution is 7.89. The number of rotatable bonds is 4. The van der Waals surface area contributed by atoms with Gasteiger partial charge in [0.15, 0.2) is 5.78 Å². The molecule has 0 radical (unpaired) electrons. The molecule has 3 rings (SSSR count). The first kappa shape index (κ1) is 17.3. The van der Waals surface area contributed by atoms with E-state index in [1.807, 2.05) is 6.07 Å². The molecule has 2 aromatic rings. The first-order chi connectivity index (χ1) is 11.9. The van der Waals surface area contributed by atoms with E-state index in [1.165, 1.54) is 35.5 Å². The highest BCUT2D eigenvalue weighted by Gasteiger charge is 2.39. The molecule has 1 atom stereocenters. The van der Waals surface area contributed by atoms with Gasteiger partial charge in [-0.15, -0.1) is 0 Å². The van der Waals surface area contributed by atoms with Crippen LogP contribution in [0.5, 0.6) is 0 Å². The van der Waals surface area contributed by atoms with Crippen LogP contribution in [-0.4, -0.2) is 37.5 Å². The van der Waals surface area contributed by atoms with Crippen LogP contribution >= 0.6 is 0 Å². The molecule has 2 aromatic carbocycles. The summed E-state index contributed by atoms with van der Waals surface area (Å²) in [6, 6.07) is 13.7. The number of carbonyl (C=O) groups is 2. The van der Waals surface area contributed by atoms with Crippen LogP contribution in [0.15, 0.2) is 59.5 Å². The first-order valence-corrected chi connectivity index (χ1v) is 9.31. The fourth-order valence-electron chi connectivity index (χ4n) is 2.85.